The van der Waals surface area contributed by atoms with Crippen LogP contribution in [0.15, 0.2) is 24.3 Å². The summed E-state index contributed by atoms with van der Waals surface area (Å²) < 4.78 is 5.50. The second kappa shape index (κ2) is 70.8. The van der Waals surface area contributed by atoms with E-state index in [1.165, 1.54) is 334 Å². The highest BCUT2D eigenvalue weighted by molar-refractivity contribution is 5.76. The lowest BCUT2D eigenvalue weighted by Crippen LogP contribution is -2.45. The van der Waals surface area contributed by atoms with Gasteiger partial charge in [0.1, 0.15) is 0 Å². The zero-order valence-electron chi connectivity index (χ0n) is 55.0. The highest BCUT2D eigenvalue weighted by atomic mass is 16.5. The molecule has 6 heteroatoms. The molecular formula is C75H145NO5. The summed E-state index contributed by atoms with van der Waals surface area (Å²) in [7, 11) is 0. The number of unbranched alkanes of at least 4 members (excludes halogenated alkanes) is 55. The molecule has 0 aromatic heterocycles. The van der Waals surface area contributed by atoms with Gasteiger partial charge >= 0.3 is 5.97 Å². The van der Waals surface area contributed by atoms with Crippen LogP contribution in [0.1, 0.15) is 418 Å². The molecule has 0 aliphatic heterocycles. The SMILES string of the molecule is CCCCC/C=C\C/C=C\CCCCCCCCCC(=O)OCCCCCCCCCCCCCCCCCCCCCCCCCC(=O)NC(CO)C(O)CCCCCCCCCCCCCCCCCCCCCCCCCC. The van der Waals surface area contributed by atoms with Crippen molar-refractivity contribution in [1.82, 2.24) is 5.32 Å². The third kappa shape index (κ3) is 67.3. The van der Waals surface area contributed by atoms with Gasteiger partial charge in [0.05, 0.1) is 25.4 Å². The van der Waals surface area contributed by atoms with Crippen molar-refractivity contribution >= 4 is 11.9 Å². The summed E-state index contributed by atoms with van der Waals surface area (Å²) in [5, 5.41) is 23.5. The van der Waals surface area contributed by atoms with Crippen LogP contribution in [0.25, 0.3) is 0 Å². The second-order valence-corrected chi connectivity index (χ2v) is 25.6. The molecule has 81 heavy (non-hydrogen) atoms. The predicted molar refractivity (Wildman–Crippen MR) is 356 cm³/mol. The zero-order valence-corrected chi connectivity index (χ0v) is 55.0. The first-order chi connectivity index (χ1) is 40.0. The van der Waals surface area contributed by atoms with Crippen LogP contribution in [-0.4, -0.2) is 47.4 Å². The van der Waals surface area contributed by atoms with Gasteiger partial charge in [0.25, 0.3) is 0 Å². The van der Waals surface area contributed by atoms with Crippen molar-refractivity contribution in [3.05, 3.63) is 24.3 Å². The van der Waals surface area contributed by atoms with Crippen molar-refractivity contribution in [1.29, 1.82) is 0 Å². The van der Waals surface area contributed by atoms with Crippen LogP contribution in [0.2, 0.25) is 0 Å². The lowest BCUT2D eigenvalue weighted by atomic mass is 10.0. The summed E-state index contributed by atoms with van der Waals surface area (Å²) in [6.07, 6.45) is 89.5. The van der Waals surface area contributed by atoms with Gasteiger partial charge in [0.2, 0.25) is 5.91 Å². The third-order valence-corrected chi connectivity index (χ3v) is 17.5. The number of aliphatic hydroxyl groups is 2. The number of carbonyl (C=O) groups is 2. The molecule has 480 valence electrons. The minimum Gasteiger partial charge on any atom is -0.466 e. The smallest absolute Gasteiger partial charge is 0.305 e. The van der Waals surface area contributed by atoms with Gasteiger partial charge < -0.3 is 20.3 Å². The summed E-state index contributed by atoms with van der Waals surface area (Å²) in [6.45, 7) is 4.97. The number of nitrogens with one attached hydrogen (secondary N) is 1. The Kier molecular flexibility index (Phi) is 69.4. The molecule has 0 radical (unpaired) electrons. The Labute approximate surface area is 507 Å². The number of carbonyl (C=O) groups excluding carboxylic acids is 2. The Morgan fingerprint density at radius 3 is 0.963 bits per heavy atom. The van der Waals surface area contributed by atoms with Gasteiger partial charge in [0.15, 0.2) is 0 Å². The zero-order chi connectivity index (χ0) is 58.5. The molecule has 0 saturated heterocycles. The van der Waals surface area contributed by atoms with Gasteiger partial charge in [-0.3, -0.25) is 9.59 Å². The molecule has 0 heterocycles. The number of allylic oxidation sites excluding steroid dienone is 4. The molecule has 0 bridgehead atoms. The molecule has 2 unspecified atom stereocenters. The molecule has 0 fully saturated rings. The largest absolute Gasteiger partial charge is 0.466 e. The standard InChI is InChI=1S/C75H145NO5/c1-3-5-7-9-11-13-15-17-19-21-22-23-24-26-29-32-36-39-43-47-51-55-59-63-67-73(78)72(71-77)76-74(79)68-64-60-56-52-48-44-40-37-33-30-27-25-28-31-34-38-42-46-50-54-58-62-66-70-81-75(80)69-65-61-57-53-49-45-41-35-20-18-16-14-12-10-8-6-4-2/h12,14,18,20,72-73,77-78H,3-11,13,15-17,19,21-71H2,1-2H3,(H,76,79)/b14-12-,20-18-. The van der Waals surface area contributed by atoms with Gasteiger partial charge in [-0.25, -0.2) is 0 Å². The van der Waals surface area contributed by atoms with Gasteiger partial charge in [-0.05, 0) is 57.8 Å². The monoisotopic (exact) mass is 1140 g/mol. The third-order valence-electron chi connectivity index (χ3n) is 17.5. The molecule has 0 spiro atoms. The van der Waals surface area contributed by atoms with Crippen LogP contribution in [0.4, 0.5) is 0 Å². The molecule has 0 aliphatic carbocycles. The number of hydrogen-bond donors (Lipinski definition) is 3. The minimum atomic E-state index is -0.666. The predicted octanol–water partition coefficient (Wildman–Crippen LogP) is 24.1. The quantitative estimate of drug-likeness (QED) is 0.0320. The fourth-order valence-electron chi connectivity index (χ4n) is 11.9. The number of aliphatic hydroxyl groups excluding tert-OH is 2. The summed E-state index contributed by atoms with van der Waals surface area (Å²) in [5.41, 5.74) is 0. The average molecular weight is 1140 g/mol. The highest BCUT2D eigenvalue weighted by Gasteiger charge is 2.20. The Balaban J connectivity index is 3.37. The van der Waals surface area contributed by atoms with Gasteiger partial charge in [-0.1, -0.05) is 372 Å². The van der Waals surface area contributed by atoms with Crippen LogP contribution in [0.3, 0.4) is 0 Å². The first-order valence-electron chi connectivity index (χ1n) is 37.1. The maximum absolute atomic E-state index is 12.6. The molecule has 0 rings (SSSR count). The van der Waals surface area contributed by atoms with E-state index in [0.29, 0.717) is 25.9 Å². The van der Waals surface area contributed by atoms with Gasteiger partial charge in [0, 0.05) is 12.8 Å². The first kappa shape index (κ1) is 79.3. The van der Waals surface area contributed by atoms with Crippen molar-refractivity contribution in [3.8, 4) is 0 Å². The van der Waals surface area contributed by atoms with Crippen molar-refractivity contribution < 1.29 is 24.5 Å². The molecule has 0 aromatic rings. The lowest BCUT2D eigenvalue weighted by Gasteiger charge is -2.22. The first-order valence-corrected chi connectivity index (χ1v) is 37.1. The number of amides is 1. The molecular weight excluding hydrogens is 995 g/mol. The van der Waals surface area contributed by atoms with E-state index in [2.05, 4.69) is 43.5 Å². The van der Waals surface area contributed by atoms with Crippen molar-refractivity contribution in [2.45, 2.75) is 431 Å². The average Bonchev–Trinajstić information content (AvgIpc) is 3.47. The Hall–Kier alpha value is -1.66. The number of esters is 1. The van der Waals surface area contributed by atoms with E-state index in [-0.39, 0.29) is 18.5 Å². The van der Waals surface area contributed by atoms with E-state index in [1.54, 1.807) is 0 Å². The molecule has 2 atom stereocenters. The number of hydrogen-bond acceptors (Lipinski definition) is 5. The van der Waals surface area contributed by atoms with Crippen LogP contribution in [0.5, 0.6) is 0 Å². The van der Waals surface area contributed by atoms with E-state index in [4.69, 9.17) is 4.74 Å². The maximum Gasteiger partial charge on any atom is 0.305 e. The van der Waals surface area contributed by atoms with Crippen LogP contribution in [-0.2, 0) is 14.3 Å². The molecule has 0 aromatic carbocycles. The molecule has 0 saturated carbocycles. The van der Waals surface area contributed by atoms with E-state index in [1.807, 2.05) is 0 Å². The Morgan fingerprint density at radius 2 is 0.617 bits per heavy atom. The molecule has 3 N–H and O–H groups in total. The van der Waals surface area contributed by atoms with Crippen molar-refractivity contribution in [2.24, 2.45) is 0 Å². The van der Waals surface area contributed by atoms with Crippen LogP contribution in [0, 0.1) is 0 Å². The van der Waals surface area contributed by atoms with Crippen LogP contribution >= 0.6 is 0 Å². The number of rotatable bonds is 70. The van der Waals surface area contributed by atoms with Gasteiger partial charge in [-0.15, -0.1) is 0 Å². The summed E-state index contributed by atoms with van der Waals surface area (Å²) in [4.78, 5) is 24.7. The summed E-state index contributed by atoms with van der Waals surface area (Å²) in [5.74, 6) is -0.0215. The minimum absolute atomic E-state index is 0.00783. The van der Waals surface area contributed by atoms with Crippen molar-refractivity contribution in [3.63, 3.8) is 0 Å². The van der Waals surface area contributed by atoms with E-state index >= 15 is 0 Å². The second-order valence-electron chi connectivity index (χ2n) is 25.6. The Morgan fingerprint density at radius 1 is 0.346 bits per heavy atom. The maximum atomic E-state index is 12.6. The molecule has 0 aliphatic rings. The number of ether oxygens (including phenoxy) is 1. The van der Waals surface area contributed by atoms with Crippen molar-refractivity contribution in [2.75, 3.05) is 13.2 Å². The van der Waals surface area contributed by atoms with E-state index in [9.17, 15) is 19.8 Å². The van der Waals surface area contributed by atoms with E-state index in [0.717, 1.165) is 51.4 Å². The summed E-state index contributed by atoms with van der Waals surface area (Å²) >= 11 is 0. The normalized spacial score (nSPS) is 12.6. The highest BCUT2D eigenvalue weighted by Crippen LogP contribution is 2.20. The van der Waals surface area contributed by atoms with Gasteiger partial charge in [-0.2, -0.15) is 0 Å². The fraction of sp³-hybridized carbons (Fsp3) is 0.920. The topological polar surface area (TPSA) is 95.9 Å². The van der Waals surface area contributed by atoms with Crippen LogP contribution < -0.4 is 5.32 Å². The Bertz CT molecular complexity index is 1270. The lowest BCUT2D eigenvalue weighted by molar-refractivity contribution is -0.143. The van der Waals surface area contributed by atoms with E-state index < -0.39 is 12.1 Å². The summed E-state index contributed by atoms with van der Waals surface area (Å²) in [6, 6.07) is -0.543. The molecule has 1 amide bonds. The molecule has 6 nitrogen and oxygen atoms in total. The fourth-order valence-corrected chi connectivity index (χ4v) is 11.9.